The number of nitrogens with zero attached hydrogens (tertiary/aromatic N) is 1. The van der Waals surface area contributed by atoms with Crippen LogP contribution in [0.2, 0.25) is 0 Å². The number of likely N-dealkylation sites (tertiary alicyclic amines) is 1. The van der Waals surface area contributed by atoms with Gasteiger partial charge in [0.1, 0.15) is 5.75 Å². The summed E-state index contributed by atoms with van der Waals surface area (Å²) < 4.78 is 5.62. The Kier molecular flexibility index (Phi) is 6.05. The summed E-state index contributed by atoms with van der Waals surface area (Å²) >= 11 is 0. The van der Waals surface area contributed by atoms with Crippen LogP contribution in [0.15, 0.2) is 24.3 Å². The molecular weight excluding hydrogens is 264 g/mol. The molecule has 0 unspecified atom stereocenters. The average Bonchev–Trinajstić information content (AvgIpc) is 2.55. The zero-order valence-corrected chi connectivity index (χ0v) is 12.9. The molecule has 2 rings (SSSR count). The quantitative estimate of drug-likeness (QED) is 0.820. The Morgan fingerprint density at radius 2 is 1.95 bits per heavy atom. The average molecular weight is 290 g/mol. The number of ether oxygens (including phenoxy) is 1. The molecule has 0 radical (unpaired) electrons. The van der Waals surface area contributed by atoms with Gasteiger partial charge in [-0.2, -0.15) is 0 Å². The summed E-state index contributed by atoms with van der Waals surface area (Å²) in [5, 5.41) is 0. The highest BCUT2D eigenvalue weighted by Gasteiger charge is 2.22. The zero-order chi connectivity index (χ0) is 15.1. The molecule has 0 aliphatic carbocycles. The van der Waals surface area contributed by atoms with Crippen molar-refractivity contribution < 1.29 is 9.53 Å². The molecule has 1 aliphatic heterocycles. The van der Waals surface area contributed by atoms with Gasteiger partial charge in [-0.15, -0.1) is 0 Å². The zero-order valence-electron chi connectivity index (χ0n) is 12.9. The largest absolute Gasteiger partial charge is 0.494 e. The summed E-state index contributed by atoms with van der Waals surface area (Å²) in [6.07, 6.45) is 4.20. The lowest BCUT2D eigenvalue weighted by Gasteiger charge is -2.31. The number of hydrogen-bond donors (Lipinski definition) is 1. The lowest BCUT2D eigenvalue weighted by Crippen LogP contribution is -2.40. The molecule has 4 nitrogen and oxygen atoms in total. The van der Waals surface area contributed by atoms with Gasteiger partial charge in [0.15, 0.2) is 0 Å². The second-order valence-electron chi connectivity index (χ2n) is 5.70. The first-order chi connectivity index (χ1) is 10.2. The topological polar surface area (TPSA) is 55.6 Å². The normalized spacial score (nSPS) is 16.0. The van der Waals surface area contributed by atoms with E-state index in [0.29, 0.717) is 5.92 Å². The number of carbonyl (C=O) groups is 1. The van der Waals surface area contributed by atoms with E-state index < -0.39 is 0 Å². The van der Waals surface area contributed by atoms with E-state index in [1.165, 1.54) is 0 Å². The van der Waals surface area contributed by atoms with E-state index in [0.717, 1.165) is 63.2 Å². The molecule has 0 saturated carbocycles. The van der Waals surface area contributed by atoms with E-state index >= 15 is 0 Å². The van der Waals surface area contributed by atoms with Crippen LogP contribution in [-0.4, -0.2) is 37.0 Å². The van der Waals surface area contributed by atoms with Crippen molar-refractivity contribution in [3.05, 3.63) is 29.8 Å². The number of carbonyl (C=O) groups excluding carboxylic acids is 1. The second-order valence-corrected chi connectivity index (χ2v) is 5.70. The monoisotopic (exact) mass is 290 g/mol. The van der Waals surface area contributed by atoms with Gasteiger partial charge < -0.3 is 15.4 Å². The van der Waals surface area contributed by atoms with Crippen LogP contribution in [0.3, 0.4) is 0 Å². The first-order valence-electron chi connectivity index (χ1n) is 7.96. The summed E-state index contributed by atoms with van der Waals surface area (Å²) in [5.41, 5.74) is 6.43. The minimum Gasteiger partial charge on any atom is -0.494 e. The molecule has 1 amide bonds. The highest BCUT2D eigenvalue weighted by molar-refractivity contribution is 5.94. The Balaban J connectivity index is 1.88. The number of rotatable bonds is 6. The van der Waals surface area contributed by atoms with Gasteiger partial charge in [0, 0.05) is 18.7 Å². The van der Waals surface area contributed by atoms with Crippen molar-refractivity contribution in [2.24, 2.45) is 11.7 Å². The number of hydrogen-bond acceptors (Lipinski definition) is 3. The fourth-order valence-electron chi connectivity index (χ4n) is 2.58. The highest BCUT2D eigenvalue weighted by Crippen LogP contribution is 2.19. The molecule has 1 saturated heterocycles. The van der Waals surface area contributed by atoms with Crippen molar-refractivity contribution in [3.63, 3.8) is 0 Å². The van der Waals surface area contributed by atoms with Crippen molar-refractivity contribution >= 4 is 5.91 Å². The van der Waals surface area contributed by atoms with Crippen LogP contribution in [0.1, 0.15) is 43.0 Å². The van der Waals surface area contributed by atoms with Crippen LogP contribution in [0.5, 0.6) is 5.75 Å². The van der Waals surface area contributed by atoms with Gasteiger partial charge in [-0.3, -0.25) is 4.79 Å². The molecule has 0 aromatic heterocycles. The maximum Gasteiger partial charge on any atom is 0.253 e. The predicted octanol–water partition coefficient (Wildman–Crippen LogP) is 2.68. The van der Waals surface area contributed by atoms with Crippen molar-refractivity contribution in [1.82, 2.24) is 4.90 Å². The Morgan fingerprint density at radius 1 is 1.29 bits per heavy atom. The summed E-state index contributed by atoms with van der Waals surface area (Å²) in [4.78, 5) is 14.3. The standard InChI is InChI=1S/C17H26N2O2/c1-2-3-12-21-16-6-4-15(5-7-16)17(20)19-10-8-14(13-18)9-11-19/h4-7,14H,2-3,8-13,18H2,1H3. The smallest absolute Gasteiger partial charge is 0.253 e. The van der Waals surface area contributed by atoms with E-state index in [2.05, 4.69) is 6.92 Å². The van der Waals surface area contributed by atoms with E-state index in [1.54, 1.807) is 0 Å². The van der Waals surface area contributed by atoms with Gasteiger partial charge in [-0.25, -0.2) is 0 Å². The maximum absolute atomic E-state index is 12.4. The fourth-order valence-corrected chi connectivity index (χ4v) is 2.58. The minimum atomic E-state index is 0.116. The van der Waals surface area contributed by atoms with E-state index in [1.807, 2.05) is 29.2 Å². The van der Waals surface area contributed by atoms with Crippen LogP contribution in [0.4, 0.5) is 0 Å². The van der Waals surface area contributed by atoms with Crippen molar-refractivity contribution in [3.8, 4) is 5.75 Å². The molecule has 2 N–H and O–H groups in total. The Bertz CT molecular complexity index is 437. The fraction of sp³-hybridized carbons (Fsp3) is 0.588. The SMILES string of the molecule is CCCCOc1ccc(C(=O)N2CCC(CN)CC2)cc1. The molecule has 1 aliphatic rings. The van der Waals surface area contributed by atoms with Crippen LogP contribution in [0, 0.1) is 5.92 Å². The Hall–Kier alpha value is -1.55. The third kappa shape index (κ3) is 4.46. The van der Waals surface area contributed by atoms with Crippen molar-refractivity contribution in [1.29, 1.82) is 0 Å². The summed E-state index contributed by atoms with van der Waals surface area (Å²) in [7, 11) is 0. The van der Waals surface area contributed by atoms with Gasteiger partial charge in [-0.1, -0.05) is 13.3 Å². The Labute approximate surface area is 127 Å². The lowest BCUT2D eigenvalue weighted by atomic mass is 9.96. The van der Waals surface area contributed by atoms with Gasteiger partial charge in [-0.05, 0) is 56.0 Å². The van der Waals surface area contributed by atoms with E-state index in [9.17, 15) is 4.79 Å². The van der Waals surface area contributed by atoms with E-state index in [-0.39, 0.29) is 5.91 Å². The number of amides is 1. The predicted molar refractivity (Wildman–Crippen MR) is 84.5 cm³/mol. The second kappa shape index (κ2) is 8.03. The van der Waals surface area contributed by atoms with Crippen LogP contribution < -0.4 is 10.5 Å². The number of benzene rings is 1. The third-order valence-electron chi connectivity index (χ3n) is 4.10. The third-order valence-corrected chi connectivity index (χ3v) is 4.10. The van der Waals surface area contributed by atoms with Gasteiger partial charge in [0.2, 0.25) is 0 Å². The molecule has 116 valence electrons. The summed E-state index contributed by atoms with van der Waals surface area (Å²) in [6, 6.07) is 7.49. The molecule has 1 heterocycles. The summed E-state index contributed by atoms with van der Waals surface area (Å²) in [6.45, 7) is 5.23. The molecule has 1 aromatic carbocycles. The van der Waals surface area contributed by atoms with Crippen molar-refractivity contribution in [2.45, 2.75) is 32.6 Å². The molecule has 21 heavy (non-hydrogen) atoms. The first kappa shape index (κ1) is 15.8. The van der Waals surface area contributed by atoms with Crippen LogP contribution >= 0.6 is 0 Å². The molecule has 1 fully saturated rings. The van der Waals surface area contributed by atoms with Gasteiger partial charge in [0.25, 0.3) is 5.91 Å². The molecule has 0 atom stereocenters. The maximum atomic E-state index is 12.4. The van der Waals surface area contributed by atoms with Crippen LogP contribution in [0.25, 0.3) is 0 Å². The van der Waals surface area contributed by atoms with Gasteiger partial charge >= 0.3 is 0 Å². The number of nitrogens with two attached hydrogens (primary N) is 1. The highest BCUT2D eigenvalue weighted by atomic mass is 16.5. The first-order valence-corrected chi connectivity index (χ1v) is 7.96. The van der Waals surface area contributed by atoms with Crippen molar-refractivity contribution in [2.75, 3.05) is 26.2 Å². The van der Waals surface area contributed by atoms with Gasteiger partial charge in [0.05, 0.1) is 6.61 Å². The number of unbranched alkanes of at least 4 members (excludes halogenated alkanes) is 1. The Morgan fingerprint density at radius 3 is 2.52 bits per heavy atom. The summed E-state index contributed by atoms with van der Waals surface area (Å²) in [5.74, 6) is 1.52. The molecular formula is C17H26N2O2. The molecule has 4 heteroatoms. The minimum absolute atomic E-state index is 0.116. The lowest BCUT2D eigenvalue weighted by molar-refractivity contribution is 0.0693. The molecule has 0 bridgehead atoms. The van der Waals surface area contributed by atoms with Crippen LogP contribution in [-0.2, 0) is 0 Å². The molecule has 1 aromatic rings. The number of piperidine rings is 1. The molecule has 0 spiro atoms. The van der Waals surface area contributed by atoms with E-state index in [4.69, 9.17) is 10.5 Å².